The summed E-state index contributed by atoms with van der Waals surface area (Å²) in [5, 5.41) is 2.39. The summed E-state index contributed by atoms with van der Waals surface area (Å²) in [5.41, 5.74) is -0.181. The highest BCUT2D eigenvalue weighted by atomic mass is 19.4. The third kappa shape index (κ3) is 11.8. The van der Waals surface area contributed by atoms with Crippen LogP contribution < -0.4 is 5.32 Å². The highest BCUT2D eigenvalue weighted by molar-refractivity contribution is 4.63. The van der Waals surface area contributed by atoms with Crippen molar-refractivity contribution < 1.29 is 17.9 Å². The number of alkyl halides is 3. The van der Waals surface area contributed by atoms with Gasteiger partial charge in [-0.2, -0.15) is 13.2 Å². The molecule has 0 fully saturated rings. The van der Waals surface area contributed by atoms with Crippen LogP contribution in [-0.4, -0.2) is 31.5 Å². The van der Waals surface area contributed by atoms with Crippen LogP contribution in [0.1, 0.15) is 34.1 Å². The minimum atomic E-state index is -4.12. The maximum Gasteiger partial charge on any atom is 0.401 e. The van der Waals surface area contributed by atoms with Gasteiger partial charge in [0.2, 0.25) is 0 Å². The molecule has 0 aliphatic rings. The lowest BCUT2D eigenvalue weighted by molar-refractivity contribution is -0.125. The van der Waals surface area contributed by atoms with Crippen molar-refractivity contribution in [1.82, 2.24) is 5.32 Å². The van der Waals surface area contributed by atoms with Gasteiger partial charge >= 0.3 is 6.18 Å². The maximum atomic E-state index is 11.8. The van der Waals surface area contributed by atoms with Crippen molar-refractivity contribution in [3.05, 3.63) is 0 Å². The van der Waals surface area contributed by atoms with Crippen LogP contribution in [0.5, 0.6) is 0 Å². The summed E-state index contributed by atoms with van der Waals surface area (Å²) >= 11 is 0. The fourth-order valence-corrected chi connectivity index (χ4v) is 1.13. The Balaban J connectivity index is 3.49. The molecule has 98 valence electrons. The highest BCUT2D eigenvalue weighted by Gasteiger charge is 2.26. The number of hydrogen-bond acceptors (Lipinski definition) is 2. The van der Waals surface area contributed by atoms with Crippen LogP contribution in [0.2, 0.25) is 0 Å². The Morgan fingerprint density at radius 2 is 1.75 bits per heavy atom. The molecular weight excluding hydrogens is 219 g/mol. The van der Waals surface area contributed by atoms with Crippen LogP contribution in [0.4, 0.5) is 13.2 Å². The quantitative estimate of drug-likeness (QED) is 0.772. The van der Waals surface area contributed by atoms with Gasteiger partial charge in [-0.15, -0.1) is 0 Å². The first-order valence-corrected chi connectivity index (χ1v) is 5.51. The van der Waals surface area contributed by atoms with Crippen LogP contribution in [0, 0.1) is 5.92 Å². The van der Waals surface area contributed by atoms with Gasteiger partial charge in [-0.3, -0.25) is 0 Å². The van der Waals surface area contributed by atoms with Crippen molar-refractivity contribution in [3.63, 3.8) is 0 Å². The van der Waals surface area contributed by atoms with Crippen LogP contribution in [-0.2, 0) is 4.74 Å². The number of halogens is 3. The first-order chi connectivity index (χ1) is 7.10. The number of ether oxygens (including phenoxy) is 1. The molecule has 0 rings (SSSR count). The number of rotatable bonds is 6. The zero-order chi connectivity index (χ0) is 12.8. The molecule has 1 N–H and O–H groups in total. The Kier molecular flexibility index (Phi) is 6.33. The van der Waals surface area contributed by atoms with Crippen LogP contribution in [0.15, 0.2) is 0 Å². The van der Waals surface area contributed by atoms with E-state index in [0.717, 1.165) is 6.42 Å². The highest BCUT2D eigenvalue weighted by Crippen LogP contribution is 2.13. The molecular formula is C11H22F3NO. The van der Waals surface area contributed by atoms with E-state index in [-0.39, 0.29) is 11.5 Å². The fraction of sp³-hybridized carbons (Fsp3) is 1.00. The SMILES string of the molecule is CC(CCOC(C)(C)C)CNCC(F)(F)F. The minimum absolute atomic E-state index is 0.181. The van der Waals surface area contributed by atoms with E-state index < -0.39 is 12.7 Å². The molecule has 5 heteroatoms. The van der Waals surface area contributed by atoms with Gasteiger partial charge in [0, 0.05) is 6.61 Å². The summed E-state index contributed by atoms with van der Waals surface area (Å²) in [5.74, 6) is 0.185. The van der Waals surface area contributed by atoms with E-state index in [1.54, 1.807) is 0 Å². The largest absolute Gasteiger partial charge is 0.401 e. The Bertz CT molecular complexity index is 167. The van der Waals surface area contributed by atoms with Gasteiger partial charge in [-0.05, 0) is 39.7 Å². The molecule has 0 radical (unpaired) electrons. The summed E-state index contributed by atoms with van der Waals surface area (Å²) in [6.45, 7) is 7.82. The second-order valence-corrected chi connectivity index (χ2v) is 5.10. The van der Waals surface area contributed by atoms with Gasteiger partial charge in [-0.25, -0.2) is 0 Å². The molecule has 0 spiro atoms. The Labute approximate surface area is 95.5 Å². The number of hydrogen-bond donors (Lipinski definition) is 1. The number of nitrogens with one attached hydrogen (secondary N) is 1. The molecule has 0 heterocycles. The molecule has 1 atom stereocenters. The summed E-state index contributed by atoms with van der Waals surface area (Å²) in [7, 11) is 0. The van der Waals surface area contributed by atoms with Crippen LogP contribution in [0.3, 0.4) is 0 Å². The van der Waals surface area contributed by atoms with E-state index in [0.29, 0.717) is 13.2 Å². The molecule has 0 aromatic heterocycles. The van der Waals surface area contributed by atoms with Gasteiger partial charge in [-0.1, -0.05) is 6.92 Å². The normalized spacial score (nSPS) is 15.2. The lowest BCUT2D eigenvalue weighted by Gasteiger charge is -2.21. The average molecular weight is 241 g/mol. The summed E-state index contributed by atoms with van der Waals surface area (Å²) in [6.07, 6.45) is -3.36. The molecule has 2 nitrogen and oxygen atoms in total. The van der Waals surface area contributed by atoms with Crippen LogP contribution >= 0.6 is 0 Å². The molecule has 0 aliphatic heterocycles. The van der Waals surface area contributed by atoms with Gasteiger partial charge in [0.15, 0.2) is 0 Å². The predicted molar refractivity (Wildman–Crippen MR) is 58.4 cm³/mol. The van der Waals surface area contributed by atoms with Gasteiger partial charge in [0.05, 0.1) is 12.1 Å². The fourth-order valence-electron chi connectivity index (χ4n) is 1.13. The average Bonchev–Trinajstić information content (AvgIpc) is 1.98. The van der Waals surface area contributed by atoms with Crippen LogP contribution in [0.25, 0.3) is 0 Å². The molecule has 0 aliphatic carbocycles. The summed E-state index contributed by atoms with van der Waals surface area (Å²) < 4.78 is 41.0. The third-order valence-corrected chi connectivity index (χ3v) is 1.96. The molecule has 0 saturated carbocycles. The second-order valence-electron chi connectivity index (χ2n) is 5.10. The molecule has 0 amide bonds. The Morgan fingerprint density at radius 1 is 1.19 bits per heavy atom. The Morgan fingerprint density at radius 3 is 2.19 bits per heavy atom. The minimum Gasteiger partial charge on any atom is -0.376 e. The smallest absolute Gasteiger partial charge is 0.376 e. The van der Waals surface area contributed by atoms with Gasteiger partial charge < -0.3 is 10.1 Å². The molecule has 0 aromatic carbocycles. The van der Waals surface area contributed by atoms with Crippen molar-refractivity contribution in [1.29, 1.82) is 0 Å². The van der Waals surface area contributed by atoms with Crippen molar-refractivity contribution >= 4 is 0 Å². The Hall–Kier alpha value is -0.290. The third-order valence-electron chi connectivity index (χ3n) is 1.96. The predicted octanol–water partition coefficient (Wildman–Crippen LogP) is 2.98. The van der Waals surface area contributed by atoms with Gasteiger partial charge in [0.1, 0.15) is 0 Å². The molecule has 1 unspecified atom stereocenters. The lowest BCUT2D eigenvalue weighted by atomic mass is 10.1. The van der Waals surface area contributed by atoms with E-state index in [1.165, 1.54) is 0 Å². The molecule has 16 heavy (non-hydrogen) atoms. The topological polar surface area (TPSA) is 21.3 Å². The van der Waals surface area contributed by atoms with Crippen molar-refractivity contribution in [2.45, 2.75) is 45.9 Å². The first-order valence-electron chi connectivity index (χ1n) is 5.51. The lowest BCUT2D eigenvalue weighted by Crippen LogP contribution is -2.32. The molecule has 0 bridgehead atoms. The van der Waals surface area contributed by atoms with E-state index in [2.05, 4.69) is 5.32 Å². The molecule has 0 aromatic rings. The standard InChI is InChI=1S/C11H22F3NO/c1-9(5-6-16-10(2,3)4)7-15-8-11(12,13)14/h9,15H,5-8H2,1-4H3. The van der Waals surface area contributed by atoms with E-state index >= 15 is 0 Å². The zero-order valence-electron chi connectivity index (χ0n) is 10.4. The van der Waals surface area contributed by atoms with Crippen molar-refractivity contribution in [3.8, 4) is 0 Å². The van der Waals surface area contributed by atoms with Crippen molar-refractivity contribution in [2.75, 3.05) is 19.7 Å². The monoisotopic (exact) mass is 241 g/mol. The maximum absolute atomic E-state index is 11.8. The van der Waals surface area contributed by atoms with E-state index in [9.17, 15) is 13.2 Å². The molecule has 0 saturated heterocycles. The second kappa shape index (κ2) is 6.45. The van der Waals surface area contributed by atoms with Gasteiger partial charge in [0.25, 0.3) is 0 Å². The van der Waals surface area contributed by atoms with E-state index in [1.807, 2.05) is 27.7 Å². The summed E-state index contributed by atoms with van der Waals surface area (Å²) in [4.78, 5) is 0. The zero-order valence-corrected chi connectivity index (χ0v) is 10.4. The van der Waals surface area contributed by atoms with Crippen molar-refractivity contribution in [2.24, 2.45) is 5.92 Å². The van der Waals surface area contributed by atoms with E-state index in [4.69, 9.17) is 4.74 Å². The first kappa shape index (κ1) is 15.7. The summed E-state index contributed by atoms with van der Waals surface area (Å²) in [6, 6.07) is 0.